The molecule has 0 aromatic heterocycles. The van der Waals surface area contributed by atoms with Crippen molar-refractivity contribution in [3.8, 4) is 0 Å². The largest absolute Gasteiger partial charge is 0.264 e. The molecule has 3 rings (SSSR count). The highest BCUT2D eigenvalue weighted by Gasteiger charge is 2.26. The zero-order valence-corrected chi connectivity index (χ0v) is 22.6. The molecule has 3 aromatic rings. The molecular formula is C28H32N2O4S2. The lowest BCUT2D eigenvalue weighted by molar-refractivity contribution is 0.591. The van der Waals surface area contributed by atoms with Crippen molar-refractivity contribution in [2.75, 3.05) is 21.7 Å². The summed E-state index contributed by atoms with van der Waals surface area (Å²) >= 11 is 0. The molecule has 6 nitrogen and oxygen atoms in total. The second-order valence-electron chi connectivity index (χ2n) is 8.78. The van der Waals surface area contributed by atoms with E-state index in [0.29, 0.717) is 11.4 Å². The van der Waals surface area contributed by atoms with Crippen LogP contribution in [0.3, 0.4) is 0 Å². The van der Waals surface area contributed by atoms with E-state index < -0.39 is 20.0 Å². The molecular weight excluding hydrogens is 492 g/mol. The highest BCUT2D eigenvalue weighted by molar-refractivity contribution is 7.93. The van der Waals surface area contributed by atoms with E-state index in [0.717, 1.165) is 11.1 Å². The van der Waals surface area contributed by atoms with Crippen LogP contribution in [0.5, 0.6) is 0 Å². The number of allylic oxidation sites excluding steroid dienone is 2. The Labute approximate surface area is 215 Å². The number of hydrogen-bond donors (Lipinski definition) is 0. The van der Waals surface area contributed by atoms with Gasteiger partial charge in [-0.3, -0.25) is 8.61 Å². The standard InChI is InChI=1S/C28H32N2O4S2/c1-23(2)19-21-29(35(31,32)27-11-7-5-8-12-27)25-15-17-26(18-16-25)30(22-20-24(3)4)36(33,34)28-13-9-6-10-14-28/h5-20H,21-22H2,1-4H3. The molecule has 0 heterocycles. The normalized spacial score (nSPS) is 11.4. The molecule has 3 aromatic carbocycles. The topological polar surface area (TPSA) is 74.8 Å². The van der Waals surface area contributed by atoms with Crippen molar-refractivity contribution in [1.82, 2.24) is 0 Å². The predicted molar refractivity (Wildman–Crippen MR) is 147 cm³/mol. The lowest BCUT2D eigenvalue weighted by Crippen LogP contribution is -2.32. The Morgan fingerprint density at radius 1 is 0.556 bits per heavy atom. The van der Waals surface area contributed by atoms with E-state index in [1.807, 2.05) is 39.8 Å². The molecule has 0 spiro atoms. The second kappa shape index (κ2) is 11.6. The molecule has 0 aliphatic carbocycles. The summed E-state index contributed by atoms with van der Waals surface area (Å²) in [5.41, 5.74) is 2.86. The molecule has 0 saturated heterocycles. The van der Waals surface area contributed by atoms with Gasteiger partial charge in [-0.15, -0.1) is 0 Å². The van der Waals surface area contributed by atoms with Crippen LogP contribution in [0.1, 0.15) is 27.7 Å². The first-order chi connectivity index (χ1) is 17.0. The smallest absolute Gasteiger partial charge is 0.263 e. The molecule has 0 aliphatic rings. The van der Waals surface area contributed by atoms with Crippen molar-refractivity contribution in [3.05, 3.63) is 108 Å². The highest BCUT2D eigenvalue weighted by atomic mass is 32.2. The minimum atomic E-state index is -3.83. The fourth-order valence-electron chi connectivity index (χ4n) is 3.44. The van der Waals surface area contributed by atoms with E-state index >= 15 is 0 Å². The minimum absolute atomic E-state index is 0.155. The monoisotopic (exact) mass is 524 g/mol. The van der Waals surface area contributed by atoms with Gasteiger partial charge in [0.05, 0.1) is 34.3 Å². The fourth-order valence-corrected chi connectivity index (χ4v) is 6.29. The fraction of sp³-hybridized carbons (Fsp3) is 0.214. The third-order valence-electron chi connectivity index (χ3n) is 5.42. The van der Waals surface area contributed by atoms with Crippen LogP contribution in [-0.2, 0) is 20.0 Å². The Morgan fingerprint density at radius 3 is 1.14 bits per heavy atom. The second-order valence-corrected chi connectivity index (χ2v) is 12.5. The van der Waals surface area contributed by atoms with Crippen LogP contribution >= 0.6 is 0 Å². The van der Waals surface area contributed by atoms with Crippen LogP contribution in [-0.4, -0.2) is 29.9 Å². The van der Waals surface area contributed by atoms with Gasteiger partial charge in [0.2, 0.25) is 0 Å². The Balaban J connectivity index is 2.06. The van der Waals surface area contributed by atoms with Crippen molar-refractivity contribution < 1.29 is 16.8 Å². The van der Waals surface area contributed by atoms with Gasteiger partial charge in [0.15, 0.2) is 0 Å². The van der Waals surface area contributed by atoms with Crippen molar-refractivity contribution in [2.45, 2.75) is 37.5 Å². The summed E-state index contributed by atoms with van der Waals surface area (Å²) in [6.45, 7) is 7.95. The van der Waals surface area contributed by atoms with Gasteiger partial charge < -0.3 is 0 Å². The first-order valence-electron chi connectivity index (χ1n) is 11.6. The van der Waals surface area contributed by atoms with Crippen molar-refractivity contribution in [2.24, 2.45) is 0 Å². The van der Waals surface area contributed by atoms with Crippen LogP contribution in [0.15, 0.2) is 118 Å². The minimum Gasteiger partial charge on any atom is -0.263 e. The summed E-state index contributed by atoms with van der Waals surface area (Å²) in [6, 6.07) is 23.1. The summed E-state index contributed by atoms with van der Waals surface area (Å²) in [6.07, 6.45) is 3.69. The SMILES string of the molecule is CC(C)=CCN(c1ccc(N(CC=C(C)C)S(=O)(=O)c2ccccc2)cc1)S(=O)(=O)c1ccccc1. The van der Waals surface area contributed by atoms with Crippen LogP contribution in [0.25, 0.3) is 0 Å². The summed E-state index contributed by atoms with van der Waals surface area (Å²) < 4.78 is 56.5. The molecule has 8 heteroatoms. The Kier molecular flexibility index (Phi) is 8.76. The maximum atomic E-state index is 13.5. The van der Waals surface area contributed by atoms with E-state index in [9.17, 15) is 16.8 Å². The van der Waals surface area contributed by atoms with Crippen molar-refractivity contribution in [1.29, 1.82) is 0 Å². The van der Waals surface area contributed by atoms with Crippen LogP contribution in [0, 0.1) is 0 Å². The summed E-state index contributed by atoms with van der Waals surface area (Å²) in [4.78, 5) is 0.376. The van der Waals surface area contributed by atoms with E-state index in [4.69, 9.17) is 0 Å². The molecule has 0 radical (unpaired) electrons. The molecule has 0 saturated carbocycles. The number of nitrogens with zero attached hydrogens (tertiary/aromatic N) is 2. The zero-order chi connectivity index (χ0) is 26.3. The lowest BCUT2D eigenvalue weighted by Gasteiger charge is -2.26. The van der Waals surface area contributed by atoms with Crippen molar-refractivity contribution in [3.63, 3.8) is 0 Å². The number of sulfonamides is 2. The maximum absolute atomic E-state index is 13.5. The van der Waals surface area contributed by atoms with Gasteiger partial charge in [0.25, 0.3) is 20.0 Å². The van der Waals surface area contributed by atoms with Gasteiger partial charge in [0, 0.05) is 0 Å². The summed E-state index contributed by atoms with van der Waals surface area (Å²) in [5.74, 6) is 0. The Hall–Kier alpha value is -3.36. The van der Waals surface area contributed by atoms with Crippen molar-refractivity contribution >= 4 is 31.4 Å². The van der Waals surface area contributed by atoms with E-state index in [-0.39, 0.29) is 22.9 Å². The molecule has 0 N–H and O–H groups in total. The predicted octanol–water partition coefficient (Wildman–Crippen LogP) is 6.01. The molecule has 0 unspecified atom stereocenters. The van der Waals surface area contributed by atoms with E-state index in [2.05, 4.69) is 0 Å². The quantitative estimate of drug-likeness (QED) is 0.305. The molecule has 0 amide bonds. The van der Waals surface area contributed by atoms with Crippen LogP contribution < -0.4 is 8.61 Å². The average Bonchev–Trinajstić information content (AvgIpc) is 2.85. The van der Waals surface area contributed by atoms with Gasteiger partial charge in [-0.05, 0) is 76.2 Å². The Bertz CT molecular complexity index is 1310. The number of hydrogen-bond acceptors (Lipinski definition) is 4. The number of benzene rings is 3. The molecule has 0 fully saturated rings. The molecule has 0 bridgehead atoms. The first-order valence-corrected chi connectivity index (χ1v) is 14.4. The van der Waals surface area contributed by atoms with Crippen LogP contribution in [0.2, 0.25) is 0 Å². The highest BCUT2D eigenvalue weighted by Crippen LogP contribution is 2.29. The third-order valence-corrected chi connectivity index (χ3v) is 9.03. The zero-order valence-electron chi connectivity index (χ0n) is 21.0. The average molecular weight is 525 g/mol. The van der Waals surface area contributed by atoms with Gasteiger partial charge in [-0.25, -0.2) is 16.8 Å². The van der Waals surface area contributed by atoms with E-state index in [1.54, 1.807) is 84.9 Å². The molecule has 0 aliphatic heterocycles. The van der Waals surface area contributed by atoms with E-state index in [1.165, 1.54) is 8.61 Å². The van der Waals surface area contributed by atoms with Gasteiger partial charge >= 0.3 is 0 Å². The third kappa shape index (κ3) is 6.44. The summed E-state index contributed by atoms with van der Waals surface area (Å²) in [7, 11) is -7.66. The molecule has 0 atom stereocenters. The number of rotatable bonds is 10. The molecule has 190 valence electrons. The lowest BCUT2D eigenvalue weighted by atomic mass is 10.2. The first kappa shape index (κ1) is 27.2. The maximum Gasteiger partial charge on any atom is 0.264 e. The summed E-state index contributed by atoms with van der Waals surface area (Å²) in [5, 5.41) is 0. The van der Waals surface area contributed by atoms with Gasteiger partial charge in [0.1, 0.15) is 0 Å². The molecule has 36 heavy (non-hydrogen) atoms. The van der Waals surface area contributed by atoms with Crippen LogP contribution in [0.4, 0.5) is 11.4 Å². The van der Waals surface area contributed by atoms with Gasteiger partial charge in [-0.1, -0.05) is 59.7 Å². The Morgan fingerprint density at radius 2 is 0.861 bits per heavy atom. The van der Waals surface area contributed by atoms with Gasteiger partial charge in [-0.2, -0.15) is 0 Å². The number of anilines is 2.